The van der Waals surface area contributed by atoms with Crippen LogP contribution in [0.1, 0.15) is 12.5 Å². The Bertz CT molecular complexity index is 721. The molecule has 1 N–H and O–H groups in total. The maximum atomic E-state index is 13.9. The van der Waals surface area contributed by atoms with E-state index in [-0.39, 0.29) is 11.7 Å². The second-order valence-corrected chi connectivity index (χ2v) is 6.02. The lowest BCUT2D eigenvalue weighted by Gasteiger charge is -2.36. The summed E-state index contributed by atoms with van der Waals surface area (Å²) in [5.74, 6) is -1.15. The van der Waals surface area contributed by atoms with Gasteiger partial charge in [-0.15, -0.1) is 0 Å². The van der Waals surface area contributed by atoms with Crippen LogP contribution in [0, 0.1) is 11.6 Å². The van der Waals surface area contributed by atoms with E-state index in [2.05, 4.69) is 12.2 Å². The van der Waals surface area contributed by atoms with Crippen LogP contribution in [0.15, 0.2) is 42.5 Å². The number of nitrogens with one attached hydrogen (secondary N) is 1. The van der Waals surface area contributed by atoms with Crippen molar-refractivity contribution in [3.63, 3.8) is 0 Å². The van der Waals surface area contributed by atoms with Gasteiger partial charge in [0.1, 0.15) is 17.3 Å². The standard InChI is InChI=1S/C19H21F2N3O/c1-2-14-6-8-15(9-7-14)22-19(25)24-12-10-23(11-13-24)18-16(20)4-3-5-17(18)21/h3-9H,2,10-13H2,1H3,(H,22,25). The van der Waals surface area contributed by atoms with Gasteiger partial charge in [-0.25, -0.2) is 13.6 Å². The van der Waals surface area contributed by atoms with Crippen LogP contribution in [0.3, 0.4) is 0 Å². The van der Waals surface area contributed by atoms with E-state index in [4.69, 9.17) is 0 Å². The number of carbonyl (C=O) groups is 1. The first-order chi connectivity index (χ1) is 12.1. The van der Waals surface area contributed by atoms with Gasteiger partial charge in [-0.1, -0.05) is 25.1 Å². The quantitative estimate of drug-likeness (QED) is 0.916. The van der Waals surface area contributed by atoms with E-state index in [1.54, 1.807) is 9.80 Å². The minimum Gasteiger partial charge on any atom is -0.363 e. The van der Waals surface area contributed by atoms with E-state index in [1.807, 2.05) is 24.3 Å². The van der Waals surface area contributed by atoms with E-state index in [0.717, 1.165) is 12.1 Å². The molecule has 25 heavy (non-hydrogen) atoms. The number of rotatable bonds is 3. The minimum atomic E-state index is -0.575. The molecule has 132 valence electrons. The third-order valence-corrected chi connectivity index (χ3v) is 4.43. The zero-order valence-electron chi connectivity index (χ0n) is 14.1. The van der Waals surface area contributed by atoms with Crippen LogP contribution in [0.5, 0.6) is 0 Å². The summed E-state index contributed by atoms with van der Waals surface area (Å²) in [6.07, 6.45) is 0.947. The third-order valence-electron chi connectivity index (χ3n) is 4.43. The molecule has 1 heterocycles. The molecule has 2 amide bonds. The van der Waals surface area contributed by atoms with Gasteiger partial charge < -0.3 is 15.1 Å². The van der Waals surface area contributed by atoms with Crippen molar-refractivity contribution < 1.29 is 13.6 Å². The van der Waals surface area contributed by atoms with Gasteiger partial charge in [-0.05, 0) is 36.2 Å². The predicted octanol–water partition coefficient (Wildman–Crippen LogP) is 3.88. The number of urea groups is 1. The fraction of sp³-hybridized carbons (Fsp3) is 0.316. The summed E-state index contributed by atoms with van der Waals surface area (Å²) in [6.45, 7) is 3.67. The van der Waals surface area contributed by atoms with E-state index in [9.17, 15) is 13.6 Å². The van der Waals surface area contributed by atoms with E-state index < -0.39 is 11.6 Å². The Morgan fingerprint density at radius 3 is 2.16 bits per heavy atom. The second-order valence-electron chi connectivity index (χ2n) is 6.02. The zero-order valence-corrected chi connectivity index (χ0v) is 14.1. The summed E-state index contributed by atoms with van der Waals surface area (Å²) in [7, 11) is 0. The molecule has 4 nitrogen and oxygen atoms in total. The van der Waals surface area contributed by atoms with Gasteiger partial charge in [0.15, 0.2) is 0 Å². The first-order valence-corrected chi connectivity index (χ1v) is 8.42. The number of para-hydroxylation sites is 1. The summed E-state index contributed by atoms with van der Waals surface area (Å²) in [5, 5.41) is 2.86. The van der Waals surface area contributed by atoms with Gasteiger partial charge in [0.2, 0.25) is 0 Å². The Hall–Kier alpha value is -2.63. The number of hydrogen-bond donors (Lipinski definition) is 1. The molecule has 0 unspecified atom stereocenters. The van der Waals surface area contributed by atoms with Crippen molar-refractivity contribution in [1.29, 1.82) is 0 Å². The molecular formula is C19H21F2N3O. The van der Waals surface area contributed by atoms with Crippen LogP contribution in [0.2, 0.25) is 0 Å². The fourth-order valence-electron chi connectivity index (χ4n) is 2.95. The Balaban J connectivity index is 1.59. The van der Waals surface area contributed by atoms with Crippen molar-refractivity contribution in [3.8, 4) is 0 Å². The van der Waals surface area contributed by atoms with Crippen molar-refractivity contribution in [2.45, 2.75) is 13.3 Å². The fourth-order valence-corrected chi connectivity index (χ4v) is 2.95. The zero-order chi connectivity index (χ0) is 17.8. The van der Waals surface area contributed by atoms with Crippen molar-refractivity contribution in [3.05, 3.63) is 59.7 Å². The molecule has 0 spiro atoms. The largest absolute Gasteiger partial charge is 0.363 e. The predicted molar refractivity (Wildman–Crippen MR) is 95.0 cm³/mol. The van der Waals surface area contributed by atoms with Crippen LogP contribution >= 0.6 is 0 Å². The van der Waals surface area contributed by atoms with E-state index in [1.165, 1.54) is 23.8 Å². The highest BCUT2D eigenvalue weighted by Gasteiger charge is 2.24. The second kappa shape index (κ2) is 7.51. The molecule has 0 bridgehead atoms. The molecule has 2 aromatic rings. The van der Waals surface area contributed by atoms with Crippen molar-refractivity contribution in [1.82, 2.24) is 4.90 Å². The van der Waals surface area contributed by atoms with Crippen LogP contribution in [0.4, 0.5) is 25.0 Å². The molecule has 1 saturated heterocycles. The Kier molecular flexibility index (Phi) is 5.16. The number of hydrogen-bond acceptors (Lipinski definition) is 2. The third kappa shape index (κ3) is 3.90. The van der Waals surface area contributed by atoms with Crippen LogP contribution in [0.25, 0.3) is 0 Å². The molecule has 0 saturated carbocycles. The lowest BCUT2D eigenvalue weighted by Crippen LogP contribution is -2.50. The average molecular weight is 345 g/mol. The SMILES string of the molecule is CCc1ccc(NC(=O)N2CCN(c3c(F)cccc3F)CC2)cc1. The molecule has 0 aromatic heterocycles. The maximum Gasteiger partial charge on any atom is 0.321 e. The number of carbonyl (C=O) groups excluding carboxylic acids is 1. The summed E-state index contributed by atoms with van der Waals surface area (Å²) >= 11 is 0. The number of halogens is 2. The van der Waals surface area contributed by atoms with Gasteiger partial charge in [-0.2, -0.15) is 0 Å². The highest BCUT2D eigenvalue weighted by atomic mass is 19.1. The molecule has 1 aliphatic heterocycles. The van der Waals surface area contributed by atoms with Crippen molar-refractivity contribution in [2.24, 2.45) is 0 Å². The molecular weight excluding hydrogens is 324 g/mol. The Morgan fingerprint density at radius 1 is 1.00 bits per heavy atom. The summed E-state index contributed by atoms with van der Waals surface area (Å²) < 4.78 is 27.7. The first kappa shape index (κ1) is 17.2. The molecule has 0 aliphatic carbocycles. The molecule has 1 aliphatic rings. The first-order valence-electron chi connectivity index (χ1n) is 8.42. The van der Waals surface area contributed by atoms with Gasteiger partial charge in [0.25, 0.3) is 0 Å². The lowest BCUT2D eigenvalue weighted by molar-refractivity contribution is 0.208. The minimum absolute atomic E-state index is 0.0160. The van der Waals surface area contributed by atoms with Crippen LogP contribution < -0.4 is 10.2 Å². The Labute approximate surface area is 146 Å². The summed E-state index contributed by atoms with van der Waals surface area (Å²) in [6, 6.07) is 11.4. The van der Waals surface area contributed by atoms with Gasteiger partial charge >= 0.3 is 6.03 Å². The van der Waals surface area contributed by atoms with Gasteiger partial charge in [0, 0.05) is 31.9 Å². The van der Waals surface area contributed by atoms with Gasteiger partial charge in [-0.3, -0.25) is 0 Å². The highest BCUT2D eigenvalue weighted by molar-refractivity contribution is 5.89. The van der Waals surface area contributed by atoms with Crippen molar-refractivity contribution >= 4 is 17.4 Å². The van der Waals surface area contributed by atoms with E-state index >= 15 is 0 Å². The highest BCUT2D eigenvalue weighted by Crippen LogP contribution is 2.24. The molecule has 0 radical (unpaired) electrons. The molecule has 6 heteroatoms. The van der Waals surface area contributed by atoms with Crippen LogP contribution in [-0.4, -0.2) is 37.1 Å². The maximum absolute atomic E-state index is 13.9. The molecule has 3 rings (SSSR count). The number of benzene rings is 2. The smallest absolute Gasteiger partial charge is 0.321 e. The normalized spacial score (nSPS) is 14.5. The number of nitrogens with zero attached hydrogens (tertiary/aromatic N) is 2. The topological polar surface area (TPSA) is 35.6 Å². The number of anilines is 2. The van der Waals surface area contributed by atoms with E-state index in [0.29, 0.717) is 26.2 Å². The number of amides is 2. The molecule has 0 atom stereocenters. The van der Waals surface area contributed by atoms with Crippen molar-refractivity contribution in [2.75, 3.05) is 36.4 Å². The monoisotopic (exact) mass is 345 g/mol. The van der Waals surface area contributed by atoms with Crippen LogP contribution in [-0.2, 0) is 6.42 Å². The molecule has 2 aromatic carbocycles. The average Bonchev–Trinajstić information content (AvgIpc) is 2.63. The number of aryl methyl sites for hydroxylation is 1. The lowest BCUT2D eigenvalue weighted by atomic mass is 10.1. The van der Waals surface area contributed by atoms with Gasteiger partial charge in [0.05, 0.1) is 0 Å². The Morgan fingerprint density at radius 2 is 1.60 bits per heavy atom. The summed E-state index contributed by atoms with van der Waals surface area (Å²) in [5.41, 5.74) is 1.93. The number of piperazine rings is 1. The molecule has 1 fully saturated rings. The summed E-state index contributed by atoms with van der Waals surface area (Å²) in [4.78, 5) is 15.6.